The molecule has 0 atom stereocenters. The van der Waals surface area contributed by atoms with E-state index < -0.39 is 10.1 Å². The van der Waals surface area contributed by atoms with Gasteiger partial charge in [0, 0.05) is 0 Å². The summed E-state index contributed by atoms with van der Waals surface area (Å²) in [5.41, 5.74) is 1.95. The van der Waals surface area contributed by atoms with Crippen LogP contribution in [0.3, 0.4) is 0 Å². The van der Waals surface area contributed by atoms with Crippen LogP contribution in [0.2, 0.25) is 0 Å². The number of unbranched alkanes of at least 4 members (excludes halogenated alkanes) is 12. The number of rotatable bonds is 17. The Morgan fingerprint density at radius 2 is 1.18 bits per heavy atom. The average molecular weight is 483 g/mol. The summed E-state index contributed by atoms with van der Waals surface area (Å²) in [6.07, 6.45) is 18.6. The van der Waals surface area contributed by atoms with Crippen LogP contribution in [0, 0.1) is 0 Å². The number of benzene rings is 2. The molecular weight excluding hydrogens is 439 g/mol. The topological polar surface area (TPSA) is 57.2 Å². The molecule has 0 spiro atoms. The molecule has 0 unspecified atom stereocenters. The fourth-order valence-corrected chi connectivity index (χ4v) is 5.48. The van der Waals surface area contributed by atoms with Crippen LogP contribution >= 0.6 is 0 Å². The first-order chi connectivity index (χ1) is 15.5. The van der Waals surface area contributed by atoms with Crippen molar-refractivity contribution in [3.8, 4) is 0 Å². The summed E-state index contributed by atoms with van der Waals surface area (Å²) in [5, 5.41) is 2.07. The Morgan fingerprint density at radius 1 is 0.667 bits per heavy atom. The monoisotopic (exact) mass is 482 g/mol. The van der Waals surface area contributed by atoms with E-state index in [2.05, 4.69) is 26.0 Å². The quantitative estimate of drug-likeness (QED) is 0.174. The maximum atomic E-state index is 12.0. The molecule has 0 radical (unpaired) electrons. The second-order valence-electron chi connectivity index (χ2n) is 9.25. The Bertz CT molecular complexity index is 909. The van der Waals surface area contributed by atoms with Crippen LogP contribution in [0.15, 0.2) is 35.2 Å². The largest absolute Gasteiger partial charge is 1.00 e. The average Bonchev–Trinajstić information content (AvgIpc) is 2.77. The first kappa shape index (κ1) is 30.6. The summed E-state index contributed by atoms with van der Waals surface area (Å²) < 4.78 is 36.1. The number of aryl methyl sites for hydroxylation is 2. The zero-order valence-corrected chi connectivity index (χ0v) is 24.1. The third-order valence-corrected chi connectivity index (χ3v) is 7.47. The molecule has 0 heterocycles. The molecule has 0 N–H and O–H groups in total. The molecule has 0 saturated heterocycles. The molecule has 0 aromatic heterocycles. The first-order valence-electron chi connectivity index (χ1n) is 13.0. The van der Waals surface area contributed by atoms with Gasteiger partial charge in [-0.25, -0.2) is 8.42 Å². The van der Waals surface area contributed by atoms with Crippen LogP contribution in [0.25, 0.3) is 10.8 Å². The van der Waals surface area contributed by atoms with Gasteiger partial charge in [0.2, 0.25) is 0 Å². The molecule has 180 valence electrons. The molecule has 0 aliphatic rings. The van der Waals surface area contributed by atoms with E-state index in [4.69, 9.17) is 0 Å². The fourth-order valence-electron chi connectivity index (χ4n) is 4.74. The Hall–Kier alpha value is -0.390. The standard InChI is InChI=1S/C28H44O3S.Na/c1-3-5-7-9-11-13-15-18-24-19-17-20-25-22-23-27(32(29,30)31)26(28(24)25)21-16-14-12-10-8-6-4-2;/h17,19-20,22-23H,3-16,18,21H2,1-2H3,(H,29,30,31);/q;+1/p-1. The molecule has 2 aromatic rings. The van der Waals surface area contributed by atoms with E-state index >= 15 is 0 Å². The number of hydrogen-bond donors (Lipinski definition) is 0. The van der Waals surface area contributed by atoms with Gasteiger partial charge in [0.1, 0.15) is 10.1 Å². The Balaban J connectivity index is 0.00000544. The van der Waals surface area contributed by atoms with Gasteiger partial charge in [0.15, 0.2) is 0 Å². The number of hydrogen-bond acceptors (Lipinski definition) is 3. The van der Waals surface area contributed by atoms with Crippen LogP contribution in [0.5, 0.6) is 0 Å². The van der Waals surface area contributed by atoms with Gasteiger partial charge in [-0.05, 0) is 53.6 Å². The van der Waals surface area contributed by atoms with E-state index in [1.807, 2.05) is 12.1 Å². The summed E-state index contributed by atoms with van der Waals surface area (Å²) in [6, 6.07) is 9.55. The minimum absolute atomic E-state index is 0. The molecule has 0 saturated carbocycles. The van der Waals surface area contributed by atoms with Crippen LogP contribution in [0.1, 0.15) is 115 Å². The van der Waals surface area contributed by atoms with Crippen molar-refractivity contribution in [1.82, 2.24) is 0 Å². The van der Waals surface area contributed by atoms with Crippen molar-refractivity contribution in [2.75, 3.05) is 0 Å². The van der Waals surface area contributed by atoms with E-state index in [0.717, 1.165) is 42.0 Å². The van der Waals surface area contributed by atoms with Gasteiger partial charge in [-0.1, -0.05) is 115 Å². The number of fused-ring (bicyclic) bond motifs is 1. The van der Waals surface area contributed by atoms with E-state index in [1.54, 1.807) is 0 Å². The fraction of sp³-hybridized carbons (Fsp3) is 0.643. The molecule has 0 aliphatic heterocycles. The van der Waals surface area contributed by atoms with Crippen LogP contribution in [0.4, 0.5) is 0 Å². The van der Waals surface area contributed by atoms with E-state index in [1.165, 1.54) is 82.3 Å². The zero-order valence-electron chi connectivity index (χ0n) is 21.3. The van der Waals surface area contributed by atoms with Crippen molar-refractivity contribution in [2.45, 2.75) is 121 Å². The van der Waals surface area contributed by atoms with Crippen molar-refractivity contribution in [2.24, 2.45) is 0 Å². The maximum Gasteiger partial charge on any atom is 1.00 e. The minimum atomic E-state index is -4.48. The molecular formula is C28H43NaO3S. The van der Waals surface area contributed by atoms with Gasteiger partial charge in [0.25, 0.3) is 0 Å². The molecule has 2 rings (SSSR count). The van der Waals surface area contributed by atoms with E-state index in [-0.39, 0.29) is 34.5 Å². The van der Waals surface area contributed by atoms with E-state index in [0.29, 0.717) is 6.42 Å². The van der Waals surface area contributed by atoms with Gasteiger partial charge in [-0.2, -0.15) is 0 Å². The van der Waals surface area contributed by atoms with Crippen molar-refractivity contribution < 1.29 is 42.5 Å². The summed E-state index contributed by atoms with van der Waals surface area (Å²) in [7, 11) is -4.48. The van der Waals surface area contributed by atoms with Crippen molar-refractivity contribution >= 4 is 20.9 Å². The van der Waals surface area contributed by atoms with Gasteiger partial charge >= 0.3 is 29.6 Å². The van der Waals surface area contributed by atoms with Gasteiger partial charge in [0.05, 0.1) is 4.90 Å². The van der Waals surface area contributed by atoms with Gasteiger partial charge < -0.3 is 4.55 Å². The molecule has 0 fully saturated rings. The second kappa shape index (κ2) is 17.1. The molecule has 0 amide bonds. The van der Waals surface area contributed by atoms with Gasteiger partial charge in [-0.15, -0.1) is 0 Å². The maximum absolute atomic E-state index is 12.0. The predicted octanol–water partition coefficient (Wildman–Crippen LogP) is 5.33. The minimum Gasteiger partial charge on any atom is -0.744 e. The van der Waals surface area contributed by atoms with Crippen LogP contribution in [-0.4, -0.2) is 13.0 Å². The molecule has 3 nitrogen and oxygen atoms in total. The Kier molecular flexibility index (Phi) is 15.9. The second-order valence-corrected chi connectivity index (χ2v) is 10.6. The zero-order chi connectivity index (χ0) is 23.2. The predicted molar refractivity (Wildman–Crippen MR) is 135 cm³/mol. The molecule has 0 aliphatic carbocycles. The molecule has 2 aromatic carbocycles. The SMILES string of the molecule is CCCCCCCCCc1cccc2ccc(S(=O)(=O)[O-])c(CCCCCCCCC)c12.[Na+]. The summed E-state index contributed by atoms with van der Waals surface area (Å²) in [6.45, 7) is 4.45. The van der Waals surface area contributed by atoms with Crippen molar-refractivity contribution in [1.29, 1.82) is 0 Å². The van der Waals surface area contributed by atoms with Crippen LogP contribution < -0.4 is 29.6 Å². The Morgan fingerprint density at radius 3 is 1.73 bits per heavy atom. The normalized spacial score (nSPS) is 11.6. The van der Waals surface area contributed by atoms with E-state index in [9.17, 15) is 13.0 Å². The third kappa shape index (κ3) is 10.8. The summed E-state index contributed by atoms with van der Waals surface area (Å²) in [4.78, 5) is -0.0111. The molecule has 5 heteroatoms. The summed E-state index contributed by atoms with van der Waals surface area (Å²) >= 11 is 0. The smallest absolute Gasteiger partial charge is 0.744 e. The van der Waals surface area contributed by atoms with Crippen molar-refractivity contribution in [3.05, 3.63) is 41.5 Å². The third-order valence-electron chi connectivity index (χ3n) is 6.55. The summed E-state index contributed by atoms with van der Waals surface area (Å²) in [5.74, 6) is 0. The van der Waals surface area contributed by atoms with Gasteiger partial charge in [-0.3, -0.25) is 0 Å². The van der Waals surface area contributed by atoms with Crippen LogP contribution in [-0.2, 0) is 23.0 Å². The molecule has 0 bridgehead atoms. The molecule has 33 heavy (non-hydrogen) atoms. The first-order valence-corrected chi connectivity index (χ1v) is 14.4. The Labute approximate surface area is 225 Å². The van der Waals surface area contributed by atoms with Crippen molar-refractivity contribution in [3.63, 3.8) is 0 Å².